The third-order valence-corrected chi connectivity index (χ3v) is 4.75. The third kappa shape index (κ3) is 5.84. The lowest BCUT2D eigenvalue weighted by Crippen LogP contribution is -2.32. The van der Waals surface area contributed by atoms with E-state index in [0.29, 0.717) is 11.1 Å². The van der Waals surface area contributed by atoms with Crippen molar-refractivity contribution in [3.05, 3.63) is 97.9 Å². The molecule has 3 rings (SSSR count). The quantitative estimate of drug-likeness (QED) is 0.226. The molecule has 3 aromatic rings. The largest absolute Gasteiger partial charge is 0.502 e. The molecular weight excluding hydrogens is 420 g/mol. The van der Waals surface area contributed by atoms with Crippen molar-refractivity contribution >= 4 is 41.1 Å². The number of nitro benzene ring substituents is 1. The zero-order valence-corrected chi connectivity index (χ0v) is 16.7. The molecule has 31 heavy (non-hydrogen) atoms. The smallest absolute Gasteiger partial charge is 0.311 e. The van der Waals surface area contributed by atoms with E-state index in [1.165, 1.54) is 29.7 Å². The van der Waals surface area contributed by atoms with Crippen LogP contribution in [0.25, 0.3) is 6.08 Å². The first-order chi connectivity index (χ1) is 14.9. The van der Waals surface area contributed by atoms with Gasteiger partial charge in [0.05, 0.1) is 11.1 Å². The molecule has 10 heteroatoms. The summed E-state index contributed by atoms with van der Waals surface area (Å²) in [6.45, 7) is 0. The van der Waals surface area contributed by atoms with Crippen molar-refractivity contribution in [3.8, 4) is 5.75 Å². The monoisotopic (exact) mass is 436 g/mol. The molecule has 0 bridgehead atoms. The summed E-state index contributed by atoms with van der Waals surface area (Å²) in [6.07, 6.45) is 2.70. The number of rotatable bonds is 7. The number of amides is 2. The second-order valence-electron chi connectivity index (χ2n) is 6.10. The van der Waals surface area contributed by atoms with Gasteiger partial charge in [-0.05, 0) is 41.8 Å². The molecule has 0 spiro atoms. The molecule has 2 amide bonds. The van der Waals surface area contributed by atoms with Gasteiger partial charge in [-0.25, -0.2) is 5.43 Å². The summed E-state index contributed by atoms with van der Waals surface area (Å²) in [5.74, 6) is -1.62. The summed E-state index contributed by atoms with van der Waals surface area (Å²) < 4.78 is 0. The minimum Gasteiger partial charge on any atom is -0.502 e. The van der Waals surface area contributed by atoms with Crippen molar-refractivity contribution in [2.45, 2.75) is 0 Å². The minimum absolute atomic E-state index is 0.0230. The fourth-order valence-corrected chi connectivity index (χ4v) is 3.11. The topological polar surface area (TPSA) is 134 Å². The van der Waals surface area contributed by atoms with Gasteiger partial charge in [0.1, 0.15) is 5.70 Å². The fourth-order valence-electron chi connectivity index (χ4n) is 2.45. The van der Waals surface area contributed by atoms with Gasteiger partial charge in [0.2, 0.25) is 0 Å². The number of hydrogen-bond donors (Lipinski definition) is 3. The van der Waals surface area contributed by atoms with Gasteiger partial charge in [-0.3, -0.25) is 19.7 Å². The molecule has 0 aliphatic rings. The highest BCUT2D eigenvalue weighted by molar-refractivity contribution is 7.10. The average Bonchev–Trinajstić information content (AvgIpc) is 3.28. The van der Waals surface area contributed by atoms with Crippen molar-refractivity contribution in [3.63, 3.8) is 0 Å². The Balaban J connectivity index is 1.76. The highest BCUT2D eigenvalue weighted by atomic mass is 32.1. The molecule has 0 fully saturated rings. The van der Waals surface area contributed by atoms with Crippen LogP contribution in [0.15, 0.2) is 76.8 Å². The van der Waals surface area contributed by atoms with Gasteiger partial charge in [-0.2, -0.15) is 5.10 Å². The molecule has 0 saturated carbocycles. The number of nitro groups is 1. The Morgan fingerprint density at radius 3 is 2.55 bits per heavy atom. The zero-order chi connectivity index (χ0) is 22.2. The Kier molecular flexibility index (Phi) is 6.86. The Hall–Kier alpha value is -4.31. The van der Waals surface area contributed by atoms with Crippen LogP contribution in [0, 0.1) is 10.1 Å². The molecule has 9 nitrogen and oxygen atoms in total. The highest BCUT2D eigenvalue weighted by Gasteiger charge is 2.15. The van der Waals surface area contributed by atoms with Crippen molar-refractivity contribution in [1.29, 1.82) is 0 Å². The number of nitrogens with zero attached hydrogens (tertiary/aromatic N) is 2. The number of benzene rings is 2. The number of phenolic OH excluding ortho intramolecular Hbond substituents is 1. The van der Waals surface area contributed by atoms with Crippen LogP contribution in [0.5, 0.6) is 5.75 Å². The minimum atomic E-state index is -0.730. The Morgan fingerprint density at radius 1 is 1.10 bits per heavy atom. The Labute approximate surface area is 180 Å². The summed E-state index contributed by atoms with van der Waals surface area (Å²) in [6, 6.07) is 15.7. The predicted octanol–water partition coefficient (Wildman–Crippen LogP) is 3.28. The molecule has 0 radical (unpaired) electrons. The maximum absolute atomic E-state index is 12.6. The van der Waals surface area contributed by atoms with E-state index in [9.17, 15) is 24.8 Å². The Bertz CT molecular complexity index is 1160. The lowest BCUT2D eigenvalue weighted by molar-refractivity contribution is -0.385. The van der Waals surface area contributed by atoms with Crippen molar-refractivity contribution < 1.29 is 19.6 Å². The normalized spacial score (nSPS) is 11.3. The SMILES string of the molecule is O=C(N/N=C/c1ccc(O)c([N+](=O)[O-])c1)C(=Cc1cccs1)NC(=O)c1ccccc1. The number of carbonyl (C=O) groups excluding carboxylic acids is 2. The first kappa shape index (κ1) is 21.4. The van der Waals surface area contributed by atoms with Crippen LogP contribution in [-0.2, 0) is 4.79 Å². The summed E-state index contributed by atoms with van der Waals surface area (Å²) in [5.41, 5.74) is 2.45. The molecule has 1 aromatic heterocycles. The molecule has 2 aromatic carbocycles. The maximum atomic E-state index is 12.6. The summed E-state index contributed by atoms with van der Waals surface area (Å²) >= 11 is 1.38. The van der Waals surface area contributed by atoms with E-state index in [-0.39, 0.29) is 5.70 Å². The van der Waals surface area contributed by atoms with Gasteiger partial charge in [-0.15, -0.1) is 11.3 Å². The number of carbonyl (C=O) groups is 2. The maximum Gasteiger partial charge on any atom is 0.311 e. The van der Waals surface area contributed by atoms with E-state index in [0.717, 1.165) is 17.0 Å². The molecule has 3 N–H and O–H groups in total. The van der Waals surface area contributed by atoms with Gasteiger partial charge < -0.3 is 10.4 Å². The number of nitrogens with one attached hydrogen (secondary N) is 2. The first-order valence-electron chi connectivity index (χ1n) is 8.86. The molecule has 0 unspecified atom stereocenters. The van der Waals surface area contributed by atoms with E-state index in [2.05, 4.69) is 15.8 Å². The van der Waals surface area contributed by atoms with Crippen LogP contribution in [0.2, 0.25) is 0 Å². The second-order valence-corrected chi connectivity index (χ2v) is 7.08. The molecule has 156 valence electrons. The van der Waals surface area contributed by atoms with E-state index < -0.39 is 28.2 Å². The molecule has 0 atom stereocenters. The predicted molar refractivity (Wildman–Crippen MR) is 117 cm³/mol. The van der Waals surface area contributed by atoms with E-state index in [1.807, 2.05) is 5.38 Å². The van der Waals surface area contributed by atoms with Gasteiger partial charge >= 0.3 is 5.69 Å². The van der Waals surface area contributed by atoms with Crippen LogP contribution < -0.4 is 10.7 Å². The van der Waals surface area contributed by atoms with Crippen molar-refractivity contribution in [1.82, 2.24) is 10.7 Å². The van der Waals surface area contributed by atoms with Gasteiger partial charge in [0, 0.05) is 22.1 Å². The number of thiophene rings is 1. The van der Waals surface area contributed by atoms with Crippen LogP contribution in [0.4, 0.5) is 5.69 Å². The Morgan fingerprint density at radius 2 is 1.87 bits per heavy atom. The number of hydrogen-bond acceptors (Lipinski definition) is 7. The second kappa shape index (κ2) is 9.94. The molecule has 1 heterocycles. The first-order valence-corrected chi connectivity index (χ1v) is 9.74. The van der Waals surface area contributed by atoms with Gasteiger partial charge in [0.25, 0.3) is 11.8 Å². The number of aromatic hydroxyl groups is 1. The molecular formula is C21H16N4O5S. The lowest BCUT2D eigenvalue weighted by atomic mass is 10.2. The summed E-state index contributed by atoms with van der Waals surface area (Å²) in [4.78, 5) is 36.0. The summed E-state index contributed by atoms with van der Waals surface area (Å²) in [5, 5.41) is 28.6. The van der Waals surface area contributed by atoms with Crippen LogP contribution in [-0.4, -0.2) is 28.1 Å². The highest BCUT2D eigenvalue weighted by Crippen LogP contribution is 2.25. The van der Waals surface area contributed by atoms with Crippen LogP contribution in [0.3, 0.4) is 0 Å². The van der Waals surface area contributed by atoms with E-state index in [4.69, 9.17) is 0 Å². The number of phenols is 1. The van der Waals surface area contributed by atoms with E-state index >= 15 is 0 Å². The van der Waals surface area contributed by atoms with Crippen molar-refractivity contribution in [2.24, 2.45) is 5.10 Å². The average molecular weight is 436 g/mol. The van der Waals surface area contributed by atoms with Crippen LogP contribution >= 0.6 is 11.3 Å². The van der Waals surface area contributed by atoms with Gasteiger partial charge in [0.15, 0.2) is 5.75 Å². The zero-order valence-electron chi connectivity index (χ0n) is 15.9. The number of hydrazone groups is 1. The fraction of sp³-hybridized carbons (Fsp3) is 0. The molecule has 0 saturated heterocycles. The molecule has 0 aliphatic heterocycles. The lowest BCUT2D eigenvalue weighted by Gasteiger charge is -2.08. The van der Waals surface area contributed by atoms with E-state index in [1.54, 1.807) is 42.5 Å². The molecule has 0 aliphatic carbocycles. The van der Waals surface area contributed by atoms with Gasteiger partial charge in [-0.1, -0.05) is 24.3 Å². The summed E-state index contributed by atoms with van der Waals surface area (Å²) in [7, 11) is 0. The standard InChI is InChI=1S/C21H16N4O5S/c26-19-9-8-14(11-18(19)25(29)30)13-22-24-21(28)17(12-16-7-4-10-31-16)23-20(27)15-5-2-1-3-6-15/h1-13,26H,(H,23,27)(H,24,28)/b17-12?,22-13+. The van der Waals surface area contributed by atoms with Crippen LogP contribution in [0.1, 0.15) is 20.8 Å². The third-order valence-electron chi connectivity index (χ3n) is 3.93. The van der Waals surface area contributed by atoms with Crippen molar-refractivity contribution in [2.75, 3.05) is 0 Å².